The fourth-order valence-electron chi connectivity index (χ4n) is 5.60. The average Bonchev–Trinajstić information content (AvgIpc) is 3.36. The van der Waals surface area contributed by atoms with Gasteiger partial charge in [0.15, 0.2) is 0 Å². The molecule has 0 amide bonds. The molecule has 150 valence electrons. The Morgan fingerprint density at radius 3 is 2.52 bits per heavy atom. The summed E-state index contributed by atoms with van der Waals surface area (Å²) in [7, 11) is 0. The van der Waals surface area contributed by atoms with Gasteiger partial charge in [0.25, 0.3) is 0 Å². The van der Waals surface area contributed by atoms with Crippen LogP contribution in [0, 0.1) is 10.8 Å². The standard InChI is InChI=1S/C19H26O8/c1-9-5-13-18(6-12(9)22,7-24-10(2)20)17(4)15(26-11(3)21)14(23)16(27-13)19(17)8-25-19/h5,12-16,22-23H,6-8H2,1-4H3/t12-,13-,14-,15+,16-,17-,18-,19-/m0/s1. The number of hydrogen-bond donors (Lipinski definition) is 2. The quantitative estimate of drug-likeness (QED) is 0.401. The molecule has 4 aliphatic rings. The summed E-state index contributed by atoms with van der Waals surface area (Å²) in [5, 5.41) is 21.6. The van der Waals surface area contributed by atoms with E-state index in [0.29, 0.717) is 6.61 Å². The van der Waals surface area contributed by atoms with Gasteiger partial charge in [0, 0.05) is 19.3 Å². The molecular formula is C19H26O8. The fraction of sp³-hybridized carbons (Fsp3) is 0.789. The van der Waals surface area contributed by atoms with Gasteiger partial charge >= 0.3 is 11.9 Å². The first-order chi connectivity index (χ1) is 12.6. The van der Waals surface area contributed by atoms with Crippen molar-refractivity contribution >= 4 is 11.9 Å². The van der Waals surface area contributed by atoms with E-state index in [4.69, 9.17) is 18.9 Å². The molecule has 3 fully saturated rings. The van der Waals surface area contributed by atoms with E-state index in [2.05, 4.69) is 0 Å². The molecule has 2 aliphatic carbocycles. The van der Waals surface area contributed by atoms with Crippen molar-refractivity contribution in [1.29, 1.82) is 0 Å². The number of fused-ring (bicyclic) bond motifs is 2. The van der Waals surface area contributed by atoms with Crippen molar-refractivity contribution in [2.75, 3.05) is 13.2 Å². The normalized spacial score (nSPS) is 50.0. The van der Waals surface area contributed by atoms with Crippen LogP contribution >= 0.6 is 0 Å². The van der Waals surface area contributed by atoms with Crippen LogP contribution in [0.4, 0.5) is 0 Å². The highest BCUT2D eigenvalue weighted by Crippen LogP contribution is 2.72. The Morgan fingerprint density at radius 1 is 1.30 bits per heavy atom. The molecule has 2 bridgehead atoms. The molecule has 2 N–H and O–H groups in total. The highest BCUT2D eigenvalue weighted by molar-refractivity contribution is 5.67. The maximum absolute atomic E-state index is 11.8. The topological polar surface area (TPSA) is 115 Å². The smallest absolute Gasteiger partial charge is 0.303 e. The van der Waals surface area contributed by atoms with Crippen LogP contribution in [0.1, 0.15) is 34.1 Å². The summed E-state index contributed by atoms with van der Waals surface area (Å²) >= 11 is 0. The summed E-state index contributed by atoms with van der Waals surface area (Å²) in [6.07, 6.45) is -1.86. The highest BCUT2D eigenvalue weighted by Gasteiger charge is 2.86. The summed E-state index contributed by atoms with van der Waals surface area (Å²) in [6.45, 7) is 6.61. The highest BCUT2D eigenvalue weighted by atomic mass is 16.7. The minimum absolute atomic E-state index is 0.0351. The van der Waals surface area contributed by atoms with E-state index < -0.39 is 58.9 Å². The van der Waals surface area contributed by atoms with Crippen LogP contribution in [0.3, 0.4) is 0 Å². The Kier molecular flexibility index (Phi) is 4.03. The van der Waals surface area contributed by atoms with E-state index >= 15 is 0 Å². The van der Waals surface area contributed by atoms with Crippen LogP contribution in [-0.4, -0.2) is 71.5 Å². The molecule has 2 aliphatic heterocycles. The lowest BCUT2D eigenvalue weighted by Crippen LogP contribution is -2.67. The number of hydrogen-bond acceptors (Lipinski definition) is 8. The number of carbonyl (C=O) groups excluding carboxylic acids is 2. The predicted octanol–water partition coefficient (Wildman–Crippen LogP) is 0.0957. The van der Waals surface area contributed by atoms with Crippen LogP contribution < -0.4 is 0 Å². The van der Waals surface area contributed by atoms with Crippen LogP contribution in [0.5, 0.6) is 0 Å². The van der Waals surface area contributed by atoms with E-state index in [9.17, 15) is 19.8 Å². The van der Waals surface area contributed by atoms with Crippen molar-refractivity contribution in [2.24, 2.45) is 10.8 Å². The van der Waals surface area contributed by atoms with Crippen LogP contribution in [0.2, 0.25) is 0 Å². The van der Waals surface area contributed by atoms with Gasteiger partial charge in [0.05, 0.1) is 24.2 Å². The number of aliphatic hydroxyl groups is 2. The van der Waals surface area contributed by atoms with Crippen molar-refractivity contribution in [3.05, 3.63) is 11.6 Å². The largest absolute Gasteiger partial charge is 0.465 e. The van der Waals surface area contributed by atoms with Crippen molar-refractivity contribution in [2.45, 2.75) is 70.2 Å². The average molecular weight is 382 g/mol. The van der Waals surface area contributed by atoms with Gasteiger partial charge < -0.3 is 29.2 Å². The van der Waals surface area contributed by atoms with Gasteiger partial charge in [-0.1, -0.05) is 13.0 Å². The van der Waals surface area contributed by atoms with Gasteiger partial charge in [-0.05, 0) is 18.9 Å². The number of epoxide rings is 1. The number of rotatable bonds is 3. The SMILES string of the molecule is CC(=O)OC[C@@]12C[C@H](O)C(C)=C[C@@H]1O[C@H]1[C@@H](O)[C@@H](OC(C)=O)[C@]2(C)[C@]12CO2. The third-order valence-electron chi connectivity index (χ3n) is 7.18. The van der Waals surface area contributed by atoms with Crippen molar-refractivity contribution in [1.82, 2.24) is 0 Å². The van der Waals surface area contributed by atoms with E-state index in [0.717, 1.165) is 5.57 Å². The summed E-state index contributed by atoms with van der Waals surface area (Å²) in [5.41, 5.74) is -1.91. The van der Waals surface area contributed by atoms with E-state index in [1.165, 1.54) is 13.8 Å². The third-order valence-corrected chi connectivity index (χ3v) is 7.18. The molecule has 0 radical (unpaired) electrons. The van der Waals surface area contributed by atoms with Crippen molar-refractivity contribution < 1.29 is 38.7 Å². The van der Waals surface area contributed by atoms with Gasteiger partial charge in [-0.15, -0.1) is 0 Å². The number of ether oxygens (including phenoxy) is 4. The van der Waals surface area contributed by atoms with Crippen LogP contribution in [0.15, 0.2) is 11.6 Å². The molecule has 0 aromatic heterocycles. The maximum atomic E-state index is 11.8. The Labute approximate surface area is 157 Å². The maximum Gasteiger partial charge on any atom is 0.303 e. The molecule has 8 nitrogen and oxygen atoms in total. The van der Waals surface area contributed by atoms with Crippen molar-refractivity contribution in [3.63, 3.8) is 0 Å². The minimum Gasteiger partial charge on any atom is -0.465 e. The zero-order chi connectivity index (χ0) is 19.8. The second-order valence-electron chi connectivity index (χ2n) is 8.45. The Morgan fingerprint density at radius 2 is 1.96 bits per heavy atom. The molecule has 4 rings (SSSR count). The third kappa shape index (κ3) is 2.24. The van der Waals surface area contributed by atoms with Crippen LogP contribution in [0.25, 0.3) is 0 Å². The van der Waals surface area contributed by atoms with Gasteiger partial charge in [-0.2, -0.15) is 0 Å². The van der Waals surface area contributed by atoms with Gasteiger partial charge in [-0.3, -0.25) is 9.59 Å². The lowest BCUT2D eigenvalue weighted by molar-refractivity contribution is -0.239. The molecule has 27 heavy (non-hydrogen) atoms. The summed E-state index contributed by atoms with van der Waals surface area (Å²) in [5.74, 6) is -0.978. The summed E-state index contributed by atoms with van der Waals surface area (Å²) < 4.78 is 23.1. The second kappa shape index (κ2) is 5.76. The first-order valence-corrected chi connectivity index (χ1v) is 9.23. The first kappa shape index (κ1) is 18.9. The van der Waals surface area contributed by atoms with Gasteiger partial charge in [0.2, 0.25) is 0 Å². The summed E-state index contributed by atoms with van der Waals surface area (Å²) in [4.78, 5) is 23.4. The zero-order valence-corrected chi connectivity index (χ0v) is 15.9. The van der Waals surface area contributed by atoms with Crippen LogP contribution in [-0.2, 0) is 28.5 Å². The van der Waals surface area contributed by atoms with E-state index in [-0.39, 0.29) is 13.0 Å². The Bertz CT molecular complexity index is 712. The molecular weight excluding hydrogens is 356 g/mol. The molecule has 0 unspecified atom stereocenters. The first-order valence-electron chi connectivity index (χ1n) is 9.23. The van der Waals surface area contributed by atoms with Gasteiger partial charge in [0.1, 0.15) is 30.5 Å². The van der Waals surface area contributed by atoms with E-state index in [1.54, 1.807) is 0 Å². The summed E-state index contributed by atoms with van der Waals surface area (Å²) in [6, 6.07) is 0. The molecule has 2 heterocycles. The second-order valence-corrected chi connectivity index (χ2v) is 8.45. The number of carbonyl (C=O) groups is 2. The zero-order valence-electron chi connectivity index (χ0n) is 15.9. The predicted molar refractivity (Wildman–Crippen MR) is 90.5 cm³/mol. The Balaban J connectivity index is 1.88. The molecule has 1 saturated carbocycles. The number of esters is 2. The molecule has 8 heteroatoms. The molecule has 2 saturated heterocycles. The monoisotopic (exact) mass is 382 g/mol. The van der Waals surface area contributed by atoms with Crippen molar-refractivity contribution in [3.8, 4) is 0 Å². The number of aliphatic hydroxyl groups excluding tert-OH is 2. The Hall–Kier alpha value is -1.48. The lowest BCUT2D eigenvalue weighted by Gasteiger charge is -2.58. The van der Waals surface area contributed by atoms with Gasteiger partial charge in [-0.25, -0.2) is 0 Å². The molecule has 1 spiro atoms. The lowest BCUT2D eigenvalue weighted by atomic mass is 9.51. The molecule has 0 aromatic carbocycles. The minimum atomic E-state index is -1.08. The molecule has 8 atom stereocenters. The molecule has 0 aromatic rings. The fourth-order valence-corrected chi connectivity index (χ4v) is 5.60. The van der Waals surface area contributed by atoms with E-state index in [1.807, 2.05) is 19.9 Å².